The molecule has 0 spiro atoms. The van der Waals surface area contributed by atoms with E-state index in [9.17, 15) is 4.79 Å². The molecule has 3 aromatic rings. The highest BCUT2D eigenvalue weighted by Gasteiger charge is 2.40. The minimum absolute atomic E-state index is 0.0113. The number of anilines is 1. The normalized spacial score (nSPS) is 21.5. The number of nitrogens with zero attached hydrogens (tertiary/aromatic N) is 4. The summed E-state index contributed by atoms with van der Waals surface area (Å²) in [5.74, 6) is 1.68. The molecule has 0 aliphatic carbocycles. The van der Waals surface area contributed by atoms with Crippen LogP contribution in [-0.2, 0) is 0 Å². The fourth-order valence-electron chi connectivity index (χ4n) is 4.75. The van der Waals surface area contributed by atoms with Gasteiger partial charge in [-0.2, -0.15) is 5.26 Å². The number of hydrogen-bond donors (Lipinski definition) is 0. The first-order valence-corrected chi connectivity index (χ1v) is 11.0. The molecule has 3 fully saturated rings. The Morgan fingerprint density at radius 1 is 1.03 bits per heavy atom. The summed E-state index contributed by atoms with van der Waals surface area (Å²) >= 11 is 0. The molecule has 160 valence electrons. The summed E-state index contributed by atoms with van der Waals surface area (Å²) in [6, 6.07) is 22.7. The van der Waals surface area contributed by atoms with E-state index in [2.05, 4.69) is 9.88 Å². The van der Waals surface area contributed by atoms with Crippen LogP contribution < -0.4 is 9.64 Å². The quantitative estimate of drug-likeness (QED) is 0.604. The maximum absolute atomic E-state index is 13.7. The Morgan fingerprint density at radius 2 is 1.78 bits per heavy atom. The third-order valence-electron chi connectivity index (χ3n) is 6.39. The number of benzene rings is 2. The van der Waals surface area contributed by atoms with Crippen LogP contribution in [0.4, 0.5) is 5.69 Å². The third kappa shape index (κ3) is 4.08. The van der Waals surface area contributed by atoms with Crippen molar-refractivity contribution < 1.29 is 9.53 Å². The summed E-state index contributed by atoms with van der Waals surface area (Å²) in [4.78, 5) is 22.1. The number of carbonyl (C=O) groups is 1. The Kier molecular flexibility index (Phi) is 5.57. The maximum atomic E-state index is 13.7. The van der Waals surface area contributed by atoms with Crippen LogP contribution in [0.3, 0.4) is 0 Å². The lowest BCUT2D eigenvalue weighted by molar-refractivity contribution is 0.0734. The van der Waals surface area contributed by atoms with Crippen molar-refractivity contribution in [3.63, 3.8) is 0 Å². The van der Waals surface area contributed by atoms with Gasteiger partial charge in [-0.05, 0) is 74.3 Å². The number of amides is 1. The number of ether oxygens (including phenoxy) is 1. The van der Waals surface area contributed by atoms with E-state index < -0.39 is 0 Å². The largest absolute Gasteiger partial charge is 0.457 e. The van der Waals surface area contributed by atoms with E-state index in [-0.39, 0.29) is 11.9 Å². The van der Waals surface area contributed by atoms with Gasteiger partial charge < -0.3 is 14.5 Å². The fraction of sp³-hybridized carbons (Fsp3) is 0.269. The molecule has 2 bridgehead atoms. The van der Waals surface area contributed by atoms with Crippen molar-refractivity contribution >= 4 is 11.6 Å². The summed E-state index contributed by atoms with van der Waals surface area (Å²) < 4.78 is 5.83. The van der Waals surface area contributed by atoms with Gasteiger partial charge in [0.1, 0.15) is 23.3 Å². The van der Waals surface area contributed by atoms with Crippen molar-refractivity contribution in [2.45, 2.75) is 18.9 Å². The van der Waals surface area contributed by atoms with Crippen LogP contribution in [0.1, 0.15) is 28.9 Å². The number of piperidine rings is 3. The molecule has 1 amide bonds. The average molecular weight is 425 g/mol. The van der Waals surface area contributed by atoms with Crippen LogP contribution in [0.2, 0.25) is 0 Å². The smallest absolute Gasteiger partial charge is 0.258 e. The van der Waals surface area contributed by atoms with E-state index in [1.165, 1.54) is 6.20 Å². The molecule has 0 saturated carbocycles. The number of hydrogen-bond acceptors (Lipinski definition) is 5. The Labute approximate surface area is 187 Å². The summed E-state index contributed by atoms with van der Waals surface area (Å²) in [6.45, 7) is 3.19. The number of aromatic nitrogens is 1. The van der Waals surface area contributed by atoms with E-state index in [0.29, 0.717) is 28.7 Å². The lowest BCUT2D eigenvalue weighted by Gasteiger charge is -2.49. The first-order valence-electron chi connectivity index (χ1n) is 11.0. The zero-order valence-electron chi connectivity index (χ0n) is 17.7. The average Bonchev–Trinajstić information content (AvgIpc) is 2.86. The van der Waals surface area contributed by atoms with Gasteiger partial charge in [-0.15, -0.1) is 0 Å². The van der Waals surface area contributed by atoms with E-state index in [1.807, 2.05) is 41.3 Å². The molecule has 0 N–H and O–H groups in total. The molecule has 4 heterocycles. The molecular weight excluding hydrogens is 400 g/mol. The monoisotopic (exact) mass is 424 g/mol. The maximum Gasteiger partial charge on any atom is 0.258 e. The van der Waals surface area contributed by atoms with Crippen molar-refractivity contribution in [1.82, 2.24) is 9.88 Å². The predicted octanol–water partition coefficient (Wildman–Crippen LogP) is 4.49. The van der Waals surface area contributed by atoms with Crippen LogP contribution >= 0.6 is 0 Å². The summed E-state index contributed by atoms with van der Waals surface area (Å²) in [6.07, 6.45) is 3.83. The first kappa shape index (κ1) is 20.2. The molecule has 1 atom stereocenters. The SMILES string of the molecule is N#Cc1cc(Oc2ccc(C(=O)N(c3ccccc3)[C@H]3CN4CCC3CC4)cc2)ccn1. The molecule has 1 aromatic heterocycles. The van der Waals surface area contributed by atoms with Gasteiger partial charge in [0.25, 0.3) is 5.91 Å². The number of carbonyl (C=O) groups excluding carboxylic acids is 1. The molecule has 3 aliphatic heterocycles. The molecule has 0 radical (unpaired) electrons. The van der Waals surface area contributed by atoms with Crippen LogP contribution in [0.15, 0.2) is 72.9 Å². The van der Waals surface area contributed by atoms with Crippen molar-refractivity contribution in [3.8, 4) is 17.6 Å². The Hall–Kier alpha value is -3.69. The highest BCUT2D eigenvalue weighted by molar-refractivity contribution is 6.06. The highest BCUT2D eigenvalue weighted by atomic mass is 16.5. The van der Waals surface area contributed by atoms with Crippen LogP contribution in [0.5, 0.6) is 11.5 Å². The van der Waals surface area contributed by atoms with E-state index in [1.54, 1.807) is 36.4 Å². The molecule has 32 heavy (non-hydrogen) atoms. The Bertz CT molecular complexity index is 1130. The summed E-state index contributed by atoms with van der Waals surface area (Å²) in [5, 5.41) is 9.01. The lowest BCUT2D eigenvalue weighted by Crippen LogP contribution is -2.59. The zero-order valence-corrected chi connectivity index (χ0v) is 17.7. The fourth-order valence-corrected chi connectivity index (χ4v) is 4.75. The van der Waals surface area contributed by atoms with Crippen LogP contribution in [-0.4, -0.2) is 41.5 Å². The van der Waals surface area contributed by atoms with Crippen LogP contribution in [0.25, 0.3) is 0 Å². The minimum atomic E-state index is 0.0113. The number of pyridine rings is 1. The second kappa shape index (κ2) is 8.81. The molecule has 3 saturated heterocycles. The number of nitriles is 1. The standard InChI is InChI=1S/C26H24N4O2/c27-17-21-16-24(10-13-28-21)32-23-8-6-20(7-9-23)26(31)30(22-4-2-1-3-5-22)25-18-29-14-11-19(25)12-15-29/h1-10,13,16,19,25H,11-12,14-15,18H2/t25-/m0/s1. The minimum Gasteiger partial charge on any atom is -0.457 e. The van der Waals surface area contributed by atoms with Crippen molar-refractivity contribution in [2.75, 3.05) is 24.5 Å². The van der Waals surface area contributed by atoms with Gasteiger partial charge in [-0.1, -0.05) is 18.2 Å². The Balaban J connectivity index is 1.39. The topological polar surface area (TPSA) is 69.5 Å². The second-order valence-electron chi connectivity index (χ2n) is 8.33. The summed E-state index contributed by atoms with van der Waals surface area (Å²) in [5.41, 5.74) is 1.87. The van der Waals surface area contributed by atoms with Crippen molar-refractivity contribution in [2.24, 2.45) is 5.92 Å². The van der Waals surface area contributed by atoms with Gasteiger partial charge in [-0.25, -0.2) is 4.98 Å². The molecule has 6 nitrogen and oxygen atoms in total. The number of rotatable bonds is 5. The molecule has 2 aromatic carbocycles. The van der Waals surface area contributed by atoms with Gasteiger partial charge in [0.15, 0.2) is 0 Å². The van der Waals surface area contributed by atoms with Crippen molar-refractivity contribution in [3.05, 3.63) is 84.2 Å². The van der Waals surface area contributed by atoms with E-state index >= 15 is 0 Å². The molecular formula is C26H24N4O2. The first-order chi connectivity index (χ1) is 15.7. The summed E-state index contributed by atoms with van der Waals surface area (Å²) in [7, 11) is 0. The van der Waals surface area contributed by atoms with E-state index in [0.717, 1.165) is 38.2 Å². The lowest BCUT2D eigenvalue weighted by atomic mass is 9.82. The van der Waals surface area contributed by atoms with Gasteiger partial charge >= 0.3 is 0 Å². The third-order valence-corrected chi connectivity index (χ3v) is 6.39. The molecule has 0 unspecified atom stereocenters. The molecule has 6 rings (SSSR count). The van der Waals surface area contributed by atoms with Gasteiger partial charge in [0.05, 0.1) is 6.04 Å². The molecule has 3 aliphatic rings. The number of para-hydroxylation sites is 1. The van der Waals surface area contributed by atoms with Crippen LogP contribution in [0, 0.1) is 17.2 Å². The second-order valence-corrected chi connectivity index (χ2v) is 8.33. The number of fused-ring (bicyclic) bond motifs is 3. The van der Waals surface area contributed by atoms with Gasteiger partial charge in [0, 0.05) is 30.1 Å². The van der Waals surface area contributed by atoms with Crippen molar-refractivity contribution in [1.29, 1.82) is 5.26 Å². The molecule has 6 heteroatoms. The highest BCUT2D eigenvalue weighted by Crippen LogP contribution is 2.34. The van der Waals surface area contributed by atoms with Gasteiger partial charge in [-0.3, -0.25) is 4.79 Å². The van der Waals surface area contributed by atoms with Gasteiger partial charge in [0.2, 0.25) is 0 Å². The van der Waals surface area contributed by atoms with E-state index in [4.69, 9.17) is 10.00 Å². The zero-order chi connectivity index (χ0) is 21.9. The predicted molar refractivity (Wildman–Crippen MR) is 122 cm³/mol. The Morgan fingerprint density at radius 3 is 2.44 bits per heavy atom.